The highest BCUT2D eigenvalue weighted by atomic mass is 16.6. The van der Waals surface area contributed by atoms with Crippen molar-refractivity contribution in [3.63, 3.8) is 0 Å². The van der Waals surface area contributed by atoms with Gasteiger partial charge in [0.2, 0.25) is 0 Å². The monoisotopic (exact) mass is 1130 g/mol. The van der Waals surface area contributed by atoms with Crippen molar-refractivity contribution in [2.75, 3.05) is 13.2 Å². The summed E-state index contributed by atoms with van der Waals surface area (Å²) >= 11 is 0. The predicted molar refractivity (Wildman–Crippen MR) is 353 cm³/mol. The zero-order chi connectivity index (χ0) is 58.5. The van der Waals surface area contributed by atoms with E-state index in [1.54, 1.807) is 0 Å². The first-order chi connectivity index (χ1) is 40.0. The molecular formula is C75H136O6. The van der Waals surface area contributed by atoms with Gasteiger partial charge in [-0.3, -0.25) is 14.4 Å². The smallest absolute Gasteiger partial charge is 0.306 e. The molecule has 1 unspecified atom stereocenters. The van der Waals surface area contributed by atoms with Crippen molar-refractivity contribution in [2.24, 2.45) is 0 Å². The first-order valence-corrected chi connectivity index (χ1v) is 35.8. The van der Waals surface area contributed by atoms with Gasteiger partial charge < -0.3 is 14.2 Å². The van der Waals surface area contributed by atoms with E-state index < -0.39 is 6.10 Å². The van der Waals surface area contributed by atoms with Crippen LogP contribution in [0.3, 0.4) is 0 Å². The van der Waals surface area contributed by atoms with Crippen LogP contribution in [0.4, 0.5) is 0 Å². The van der Waals surface area contributed by atoms with Gasteiger partial charge in [-0.05, 0) is 64.2 Å². The molecule has 0 aromatic carbocycles. The molecule has 0 aliphatic heterocycles. The highest BCUT2D eigenvalue weighted by Crippen LogP contribution is 2.19. The number of ether oxygens (including phenoxy) is 3. The first kappa shape index (κ1) is 78.1. The zero-order valence-electron chi connectivity index (χ0n) is 54.3. The molecule has 0 spiro atoms. The van der Waals surface area contributed by atoms with Crippen molar-refractivity contribution in [2.45, 2.75) is 386 Å². The van der Waals surface area contributed by atoms with Crippen LogP contribution >= 0.6 is 0 Å². The van der Waals surface area contributed by atoms with E-state index in [4.69, 9.17) is 14.2 Å². The highest BCUT2D eigenvalue weighted by molar-refractivity contribution is 5.71. The van der Waals surface area contributed by atoms with Gasteiger partial charge in [0.1, 0.15) is 13.2 Å². The SMILES string of the molecule is CC/C=C\C/C=C\C/C=C\C/C=C\C/C=C\CCCCCC(=O)OC(COC(=O)CCCCCCCCCCCCCC)COC(=O)CCCCCCCCCCCCCCCCCCCCCCCCCCCCCCCCCC. The van der Waals surface area contributed by atoms with Gasteiger partial charge in [-0.25, -0.2) is 0 Å². The summed E-state index contributed by atoms with van der Waals surface area (Å²) in [5, 5.41) is 0. The van der Waals surface area contributed by atoms with Gasteiger partial charge in [-0.1, -0.05) is 358 Å². The summed E-state index contributed by atoms with van der Waals surface area (Å²) < 4.78 is 16.9. The lowest BCUT2D eigenvalue weighted by Gasteiger charge is -2.18. The Labute approximate surface area is 504 Å². The largest absolute Gasteiger partial charge is 0.462 e. The van der Waals surface area contributed by atoms with Crippen LogP contribution in [0.5, 0.6) is 0 Å². The molecule has 6 heteroatoms. The molecule has 0 rings (SSSR count). The number of carbonyl (C=O) groups excluding carboxylic acids is 3. The second-order valence-corrected chi connectivity index (χ2v) is 24.1. The number of esters is 3. The molecule has 0 bridgehead atoms. The predicted octanol–water partition coefficient (Wildman–Crippen LogP) is 24.7. The van der Waals surface area contributed by atoms with Crippen LogP contribution < -0.4 is 0 Å². The fraction of sp³-hybridized carbons (Fsp3) is 0.827. The fourth-order valence-corrected chi connectivity index (χ4v) is 10.7. The number of hydrogen-bond acceptors (Lipinski definition) is 6. The van der Waals surface area contributed by atoms with Crippen molar-refractivity contribution < 1.29 is 28.6 Å². The van der Waals surface area contributed by atoms with Crippen molar-refractivity contribution in [1.29, 1.82) is 0 Å². The summed E-state index contributed by atoms with van der Waals surface area (Å²) in [4.78, 5) is 38.3. The number of unbranched alkanes of at least 4 members (excludes halogenated alkanes) is 45. The minimum atomic E-state index is -0.790. The molecule has 0 amide bonds. The van der Waals surface area contributed by atoms with E-state index in [1.165, 1.54) is 244 Å². The Morgan fingerprint density at radius 3 is 0.753 bits per heavy atom. The average Bonchev–Trinajstić information content (AvgIpc) is 3.47. The molecule has 0 aliphatic carbocycles. The molecule has 472 valence electrons. The van der Waals surface area contributed by atoms with Gasteiger partial charge in [-0.2, -0.15) is 0 Å². The maximum atomic E-state index is 12.9. The molecule has 0 N–H and O–H groups in total. The van der Waals surface area contributed by atoms with Gasteiger partial charge in [-0.15, -0.1) is 0 Å². The Morgan fingerprint density at radius 1 is 0.259 bits per heavy atom. The Hall–Kier alpha value is -2.89. The summed E-state index contributed by atoms with van der Waals surface area (Å²) in [6.45, 7) is 6.56. The van der Waals surface area contributed by atoms with E-state index in [9.17, 15) is 14.4 Å². The van der Waals surface area contributed by atoms with Crippen LogP contribution in [0.1, 0.15) is 380 Å². The molecule has 0 saturated carbocycles. The molecular weight excluding hydrogens is 997 g/mol. The van der Waals surface area contributed by atoms with Crippen LogP contribution in [0.25, 0.3) is 0 Å². The van der Waals surface area contributed by atoms with Crippen LogP contribution in [-0.2, 0) is 28.6 Å². The Kier molecular flexibility index (Phi) is 67.1. The molecule has 0 radical (unpaired) electrons. The maximum absolute atomic E-state index is 12.9. The quantitative estimate of drug-likeness (QED) is 0.0261. The van der Waals surface area contributed by atoms with E-state index in [0.717, 1.165) is 96.3 Å². The van der Waals surface area contributed by atoms with Gasteiger partial charge in [0, 0.05) is 19.3 Å². The standard InChI is InChI=1S/C75H136O6/c1-4-7-10-13-16-19-22-25-27-29-31-32-33-34-35-36-37-38-39-40-41-42-43-45-46-48-50-53-56-59-62-65-68-74(77)80-71-72(70-79-73(76)67-64-61-58-55-52-24-21-18-15-12-9-6-3)81-75(78)69-66-63-60-57-54-51-49-47-44-30-28-26-23-20-17-14-11-8-5-2/h8,11,17,20,26,28,44,47,51,54,72H,4-7,9-10,12-16,18-19,21-25,27,29-43,45-46,48-50,52-53,55-71H2,1-3H3/b11-8-,20-17-,28-26-,47-44-,54-51-. The fourth-order valence-electron chi connectivity index (χ4n) is 10.7. The summed E-state index contributed by atoms with van der Waals surface area (Å²) in [5.74, 6) is -0.894. The van der Waals surface area contributed by atoms with Crippen LogP contribution in [0.2, 0.25) is 0 Å². The van der Waals surface area contributed by atoms with E-state index in [2.05, 4.69) is 81.5 Å². The first-order valence-electron chi connectivity index (χ1n) is 35.8. The van der Waals surface area contributed by atoms with E-state index in [0.29, 0.717) is 19.3 Å². The average molecular weight is 1130 g/mol. The lowest BCUT2D eigenvalue weighted by molar-refractivity contribution is -0.167. The minimum Gasteiger partial charge on any atom is -0.462 e. The summed E-state index contributed by atoms with van der Waals surface area (Å²) in [6.07, 6.45) is 89.9. The number of allylic oxidation sites excluding steroid dienone is 10. The molecule has 0 heterocycles. The second-order valence-electron chi connectivity index (χ2n) is 24.1. The Balaban J connectivity index is 4.15. The van der Waals surface area contributed by atoms with Crippen LogP contribution in [0.15, 0.2) is 60.8 Å². The Bertz CT molecular complexity index is 1440. The molecule has 6 nitrogen and oxygen atoms in total. The van der Waals surface area contributed by atoms with E-state index in [1.807, 2.05) is 0 Å². The van der Waals surface area contributed by atoms with Crippen molar-refractivity contribution in [3.05, 3.63) is 60.8 Å². The van der Waals surface area contributed by atoms with Crippen molar-refractivity contribution in [3.8, 4) is 0 Å². The molecule has 0 saturated heterocycles. The molecule has 81 heavy (non-hydrogen) atoms. The van der Waals surface area contributed by atoms with Crippen LogP contribution in [-0.4, -0.2) is 37.2 Å². The van der Waals surface area contributed by atoms with Gasteiger partial charge in [0.25, 0.3) is 0 Å². The normalized spacial score (nSPS) is 12.4. The third kappa shape index (κ3) is 67.8. The van der Waals surface area contributed by atoms with Crippen molar-refractivity contribution >= 4 is 17.9 Å². The minimum absolute atomic E-state index is 0.0832. The molecule has 0 aromatic heterocycles. The summed E-state index contributed by atoms with van der Waals surface area (Å²) in [6, 6.07) is 0. The van der Waals surface area contributed by atoms with Gasteiger partial charge in [0.15, 0.2) is 6.10 Å². The maximum Gasteiger partial charge on any atom is 0.306 e. The van der Waals surface area contributed by atoms with Gasteiger partial charge >= 0.3 is 17.9 Å². The summed E-state index contributed by atoms with van der Waals surface area (Å²) in [5.41, 5.74) is 0. The summed E-state index contributed by atoms with van der Waals surface area (Å²) in [7, 11) is 0. The van der Waals surface area contributed by atoms with Crippen LogP contribution in [0, 0.1) is 0 Å². The third-order valence-corrected chi connectivity index (χ3v) is 16.0. The molecule has 0 aliphatic rings. The number of hydrogen-bond donors (Lipinski definition) is 0. The second kappa shape index (κ2) is 69.6. The van der Waals surface area contributed by atoms with Gasteiger partial charge in [0.05, 0.1) is 0 Å². The van der Waals surface area contributed by atoms with E-state index >= 15 is 0 Å². The molecule has 1 atom stereocenters. The number of carbonyl (C=O) groups is 3. The molecule has 0 aromatic rings. The number of rotatable bonds is 66. The lowest BCUT2D eigenvalue weighted by Crippen LogP contribution is -2.30. The third-order valence-electron chi connectivity index (χ3n) is 16.0. The topological polar surface area (TPSA) is 78.9 Å². The van der Waals surface area contributed by atoms with Crippen molar-refractivity contribution in [1.82, 2.24) is 0 Å². The van der Waals surface area contributed by atoms with E-state index in [-0.39, 0.29) is 31.1 Å². The zero-order valence-corrected chi connectivity index (χ0v) is 54.3. The highest BCUT2D eigenvalue weighted by Gasteiger charge is 2.19. The lowest BCUT2D eigenvalue weighted by atomic mass is 10.0. The molecule has 0 fully saturated rings. The Morgan fingerprint density at radius 2 is 0.481 bits per heavy atom.